The van der Waals surface area contributed by atoms with E-state index in [0.717, 1.165) is 18.2 Å². The van der Waals surface area contributed by atoms with Gasteiger partial charge in [-0.05, 0) is 49.7 Å². The Morgan fingerprint density at radius 3 is 2.55 bits per heavy atom. The molecule has 0 fully saturated rings. The Morgan fingerprint density at radius 2 is 1.85 bits per heavy atom. The van der Waals surface area contributed by atoms with E-state index in [4.69, 9.17) is 0 Å². The van der Waals surface area contributed by atoms with Crippen molar-refractivity contribution in [3.05, 3.63) is 70.5 Å². The summed E-state index contributed by atoms with van der Waals surface area (Å²) in [5.74, 6) is -1.30. The molecular weight excluding hydrogens is 263 g/mol. The summed E-state index contributed by atoms with van der Waals surface area (Å²) in [5, 5.41) is 2.95. The molecule has 20 heavy (non-hydrogen) atoms. The maximum atomic E-state index is 14.1. The van der Waals surface area contributed by atoms with Crippen molar-refractivity contribution in [1.29, 1.82) is 0 Å². The largest absolute Gasteiger partial charge is 0.313 e. The fraction of sp³-hybridized carbons (Fsp3) is 0.250. The van der Waals surface area contributed by atoms with E-state index in [1.807, 2.05) is 0 Å². The Bertz CT molecular complexity index is 611. The minimum absolute atomic E-state index is 0.181. The van der Waals surface area contributed by atoms with E-state index in [1.54, 1.807) is 32.2 Å². The fourth-order valence-electron chi connectivity index (χ4n) is 2.23. The second kappa shape index (κ2) is 6.09. The molecule has 0 radical (unpaired) electrons. The summed E-state index contributed by atoms with van der Waals surface area (Å²) >= 11 is 0. The first kappa shape index (κ1) is 14.6. The van der Waals surface area contributed by atoms with Gasteiger partial charge >= 0.3 is 0 Å². The molecule has 2 aromatic rings. The van der Waals surface area contributed by atoms with Gasteiger partial charge in [0.15, 0.2) is 0 Å². The SMILES string of the molecule is CNC(Cc1cc(F)ccc1F)c1cccc(C)c1F. The van der Waals surface area contributed by atoms with Gasteiger partial charge < -0.3 is 5.32 Å². The lowest BCUT2D eigenvalue weighted by molar-refractivity contribution is 0.513. The molecule has 1 unspecified atom stereocenters. The topological polar surface area (TPSA) is 12.0 Å². The summed E-state index contributed by atoms with van der Waals surface area (Å²) in [6.07, 6.45) is 0.181. The minimum Gasteiger partial charge on any atom is -0.313 e. The van der Waals surface area contributed by atoms with Crippen LogP contribution in [0.3, 0.4) is 0 Å². The van der Waals surface area contributed by atoms with Crippen molar-refractivity contribution in [2.45, 2.75) is 19.4 Å². The third-order valence-electron chi connectivity index (χ3n) is 3.38. The van der Waals surface area contributed by atoms with E-state index in [-0.39, 0.29) is 17.8 Å². The highest BCUT2D eigenvalue weighted by atomic mass is 19.1. The second-order valence-electron chi connectivity index (χ2n) is 4.76. The lowest BCUT2D eigenvalue weighted by Gasteiger charge is -2.18. The van der Waals surface area contributed by atoms with Gasteiger partial charge in [-0.1, -0.05) is 18.2 Å². The molecule has 0 aliphatic heterocycles. The second-order valence-corrected chi connectivity index (χ2v) is 4.76. The third-order valence-corrected chi connectivity index (χ3v) is 3.38. The summed E-state index contributed by atoms with van der Waals surface area (Å²) in [5.41, 5.74) is 1.21. The van der Waals surface area contributed by atoms with Crippen LogP contribution in [-0.4, -0.2) is 7.05 Å². The zero-order chi connectivity index (χ0) is 14.7. The molecule has 2 aromatic carbocycles. The smallest absolute Gasteiger partial charge is 0.130 e. The number of likely N-dealkylation sites (N-methyl/N-ethyl adjacent to an activating group) is 1. The van der Waals surface area contributed by atoms with Crippen LogP contribution >= 0.6 is 0 Å². The van der Waals surface area contributed by atoms with Gasteiger partial charge in [0, 0.05) is 11.6 Å². The molecule has 1 nitrogen and oxygen atoms in total. The molecule has 2 rings (SSSR count). The van der Waals surface area contributed by atoms with Crippen LogP contribution < -0.4 is 5.32 Å². The Balaban J connectivity index is 2.34. The molecule has 0 aromatic heterocycles. The van der Waals surface area contributed by atoms with Gasteiger partial charge in [-0.3, -0.25) is 0 Å². The molecular formula is C16H16F3N. The monoisotopic (exact) mass is 279 g/mol. The summed E-state index contributed by atoms with van der Waals surface area (Å²) in [6.45, 7) is 1.67. The van der Waals surface area contributed by atoms with Gasteiger partial charge in [0.05, 0.1) is 0 Å². The van der Waals surface area contributed by atoms with Crippen LogP contribution in [0.15, 0.2) is 36.4 Å². The molecule has 0 spiro atoms. The predicted molar refractivity (Wildman–Crippen MR) is 73.0 cm³/mol. The maximum absolute atomic E-state index is 14.1. The zero-order valence-corrected chi connectivity index (χ0v) is 11.4. The van der Waals surface area contributed by atoms with Crippen molar-refractivity contribution in [2.75, 3.05) is 7.05 Å². The van der Waals surface area contributed by atoms with Gasteiger partial charge in [0.1, 0.15) is 17.5 Å². The van der Waals surface area contributed by atoms with Gasteiger partial charge in [-0.2, -0.15) is 0 Å². The van der Waals surface area contributed by atoms with E-state index < -0.39 is 17.7 Å². The molecule has 0 saturated heterocycles. The van der Waals surface area contributed by atoms with Crippen LogP contribution in [0.2, 0.25) is 0 Å². The van der Waals surface area contributed by atoms with E-state index in [9.17, 15) is 13.2 Å². The molecule has 0 aliphatic rings. The Hall–Kier alpha value is -1.81. The third kappa shape index (κ3) is 3.02. The van der Waals surface area contributed by atoms with E-state index in [1.165, 1.54) is 0 Å². The van der Waals surface area contributed by atoms with Gasteiger partial charge in [-0.15, -0.1) is 0 Å². The number of rotatable bonds is 4. The van der Waals surface area contributed by atoms with E-state index in [2.05, 4.69) is 5.32 Å². The Morgan fingerprint density at radius 1 is 1.10 bits per heavy atom. The van der Waals surface area contributed by atoms with Gasteiger partial charge in [0.2, 0.25) is 0 Å². The van der Waals surface area contributed by atoms with Crippen LogP contribution in [-0.2, 0) is 6.42 Å². The van der Waals surface area contributed by atoms with Gasteiger partial charge in [0.25, 0.3) is 0 Å². The van der Waals surface area contributed by atoms with Crippen molar-refractivity contribution in [1.82, 2.24) is 5.32 Å². The van der Waals surface area contributed by atoms with Crippen molar-refractivity contribution >= 4 is 0 Å². The van der Waals surface area contributed by atoms with Crippen LogP contribution in [0, 0.1) is 24.4 Å². The Labute approximate surface area is 116 Å². The molecule has 106 valence electrons. The lowest BCUT2D eigenvalue weighted by atomic mass is 9.96. The van der Waals surface area contributed by atoms with Gasteiger partial charge in [-0.25, -0.2) is 13.2 Å². The lowest BCUT2D eigenvalue weighted by Crippen LogP contribution is -2.21. The minimum atomic E-state index is -0.499. The molecule has 0 heterocycles. The molecule has 0 amide bonds. The van der Waals surface area contributed by atoms with Crippen LogP contribution in [0.25, 0.3) is 0 Å². The number of benzene rings is 2. The van der Waals surface area contributed by atoms with Crippen LogP contribution in [0.4, 0.5) is 13.2 Å². The standard InChI is InChI=1S/C16H16F3N/c1-10-4-3-5-13(16(10)19)15(20-2)9-11-8-12(17)6-7-14(11)18/h3-8,15,20H,9H2,1-2H3. The van der Waals surface area contributed by atoms with Crippen molar-refractivity contribution < 1.29 is 13.2 Å². The van der Waals surface area contributed by atoms with E-state index in [0.29, 0.717) is 11.1 Å². The van der Waals surface area contributed by atoms with Crippen molar-refractivity contribution in [3.8, 4) is 0 Å². The number of halogens is 3. The summed E-state index contributed by atoms with van der Waals surface area (Å²) in [4.78, 5) is 0. The fourth-order valence-corrected chi connectivity index (χ4v) is 2.23. The van der Waals surface area contributed by atoms with Crippen molar-refractivity contribution in [2.24, 2.45) is 0 Å². The first-order valence-electron chi connectivity index (χ1n) is 6.39. The maximum Gasteiger partial charge on any atom is 0.130 e. The quantitative estimate of drug-likeness (QED) is 0.894. The average molecular weight is 279 g/mol. The first-order valence-corrected chi connectivity index (χ1v) is 6.39. The van der Waals surface area contributed by atoms with E-state index >= 15 is 0 Å². The zero-order valence-electron chi connectivity index (χ0n) is 11.4. The number of nitrogens with one attached hydrogen (secondary N) is 1. The molecule has 1 N–H and O–H groups in total. The number of hydrogen-bond donors (Lipinski definition) is 1. The highest BCUT2D eigenvalue weighted by Crippen LogP contribution is 2.24. The predicted octanol–water partition coefficient (Wildman–Crippen LogP) is 3.92. The van der Waals surface area contributed by atoms with Crippen LogP contribution in [0.1, 0.15) is 22.7 Å². The van der Waals surface area contributed by atoms with Crippen LogP contribution in [0.5, 0.6) is 0 Å². The summed E-state index contributed by atoms with van der Waals surface area (Å²) in [7, 11) is 1.67. The highest BCUT2D eigenvalue weighted by Gasteiger charge is 2.17. The number of hydrogen-bond acceptors (Lipinski definition) is 1. The molecule has 0 saturated carbocycles. The Kier molecular flexibility index (Phi) is 4.45. The summed E-state index contributed by atoms with van der Waals surface area (Å²) in [6, 6.07) is 7.97. The first-order chi connectivity index (χ1) is 9.52. The average Bonchev–Trinajstić information content (AvgIpc) is 2.43. The number of aryl methyl sites for hydroxylation is 1. The molecule has 4 heteroatoms. The molecule has 0 aliphatic carbocycles. The van der Waals surface area contributed by atoms with Crippen molar-refractivity contribution in [3.63, 3.8) is 0 Å². The summed E-state index contributed by atoms with van der Waals surface area (Å²) < 4.78 is 41.0. The normalized spacial score (nSPS) is 12.4. The molecule has 0 bridgehead atoms. The highest BCUT2D eigenvalue weighted by molar-refractivity contribution is 5.30. The molecule has 1 atom stereocenters.